The predicted octanol–water partition coefficient (Wildman–Crippen LogP) is -0.673. The molecule has 1 fully saturated rings. The molecule has 0 spiro atoms. The molecule has 0 bridgehead atoms. The summed E-state index contributed by atoms with van der Waals surface area (Å²) in [6.07, 6.45) is -4.71. The van der Waals surface area contributed by atoms with E-state index < -0.39 is 42.8 Å². The molecule has 0 aromatic heterocycles. The van der Waals surface area contributed by atoms with E-state index in [-0.39, 0.29) is 6.61 Å². The first-order valence-electron chi connectivity index (χ1n) is 6.58. The Morgan fingerprint density at radius 2 is 1.76 bits per heavy atom. The Labute approximate surface area is 124 Å². The Morgan fingerprint density at radius 3 is 2.19 bits per heavy atom. The number of ether oxygens (including phenoxy) is 6. The van der Waals surface area contributed by atoms with Gasteiger partial charge in [0.1, 0.15) is 24.4 Å². The fourth-order valence-electron chi connectivity index (χ4n) is 2.47. The van der Waals surface area contributed by atoms with Gasteiger partial charge in [0.05, 0.1) is 6.61 Å². The van der Waals surface area contributed by atoms with E-state index in [0.29, 0.717) is 0 Å². The molecule has 1 rings (SSSR count). The van der Waals surface area contributed by atoms with Crippen molar-refractivity contribution in [2.45, 2.75) is 43.7 Å². The van der Waals surface area contributed by atoms with Crippen LogP contribution in [0.1, 0.15) is 6.92 Å². The molecular formula is C13H24O8. The normalized spacial score (nSPS) is 34.5. The van der Waals surface area contributed by atoms with Crippen molar-refractivity contribution >= 4 is 5.97 Å². The van der Waals surface area contributed by atoms with Crippen LogP contribution in [0.2, 0.25) is 0 Å². The summed E-state index contributed by atoms with van der Waals surface area (Å²) in [5.74, 6) is -0.543. The van der Waals surface area contributed by atoms with Crippen LogP contribution in [0.25, 0.3) is 0 Å². The van der Waals surface area contributed by atoms with Crippen molar-refractivity contribution in [3.8, 4) is 0 Å². The Hall–Kier alpha value is -0.770. The molecule has 0 radical (unpaired) electrons. The smallest absolute Gasteiger partial charge is 0.303 e. The number of hydrogen-bond acceptors (Lipinski definition) is 8. The van der Waals surface area contributed by atoms with Gasteiger partial charge in [-0.25, -0.2) is 0 Å². The molecule has 1 aliphatic heterocycles. The van der Waals surface area contributed by atoms with Crippen LogP contribution in [0.4, 0.5) is 0 Å². The minimum absolute atomic E-state index is 0.252. The van der Waals surface area contributed by atoms with Crippen molar-refractivity contribution in [2.75, 3.05) is 35.0 Å². The summed E-state index contributed by atoms with van der Waals surface area (Å²) in [7, 11) is 5.96. The zero-order valence-electron chi connectivity index (χ0n) is 13.0. The lowest BCUT2D eigenvalue weighted by molar-refractivity contribution is -0.310. The van der Waals surface area contributed by atoms with Gasteiger partial charge in [0.15, 0.2) is 12.4 Å². The van der Waals surface area contributed by atoms with Gasteiger partial charge in [0.25, 0.3) is 0 Å². The highest BCUT2D eigenvalue weighted by atomic mass is 16.7. The highest BCUT2D eigenvalue weighted by Gasteiger charge is 2.50. The number of methoxy groups -OCH3 is 4. The predicted molar refractivity (Wildman–Crippen MR) is 70.7 cm³/mol. The number of esters is 1. The number of aliphatic hydroxyl groups excluding tert-OH is 1. The van der Waals surface area contributed by atoms with E-state index in [1.165, 1.54) is 35.4 Å². The maximum Gasteiger partial charge on any atom is 0.303 e. The number of rotatable bonds is 7. The van der Waals surface area contributed by atoms with Crippen molar-refractivity contribution in [2.24, 2.45) is 0 Å². The first-order chi connectivity index (χ1) is 9.99. The van der Waals surface area contributed by atoms with E-state index in [2.05, 4.69) is 0 Å². The molecule has 0 saturated carbocycles. The van der Waals surface area contributed by atoms with E-state index in [1.54, 1.807) is 0 Å². The second-order valence-corrected chi connectivity index (χ2v) is 4.70. The summed E-state index contributed by atoms with van der Waals surface area (Å²) in [4.78, 5) is 11.2. The Morgan fingerprint density at radius 1 is 1.14 bits per heavy atom. The largest absolute Gasteiger partial charge is 0.454 e. The van der Waals surface area contributed by atoms with Gasteiger partial charge < -0.3 is 33.5 Å². The van der Waals surface area contributed by atoms with E-state index in [9.17, 15) is 9.90 Å². The molecule has 1 saturated heterocycles. The van der Waals surface area contributed by atoms with Gasteiger partial charge in [-0.2, -0.15) is 0 Å². The highest BCUT2D eigenvalue weighted by molar-refractivity contribution is 5.66. The molecule has 124 valence electrons. The zero-order valence-corrected chi connectivity index (χ0v) is 13.0. The van der Waals surface area contributed by atoms with Crippen molar-refractivity contribution in [1.82, 2.24) is 0 Å². The fraction of sp³-hybridized carbons (Fsp3) is 0.923. The molecular weight excluding hydrogens is 284 g/mol. The van der Waals surface area contributed by atoms with Gasteiger partial charge in [-0.1, -0.05) is 0 Å². The summed E-state index contributed by atoms with van der Waals surface area (Å²) < 4.78 is 31.7. The molecule has 21 heavy (non-hydrogen) atoms. The van der Waals surface area contributed by atoms with Crippen LogP contribution >= 0.6 is 0 Å². The monoisotopic (exact) mass is 308 g/mol. The average molecular weight is 308 g/mol. The number of carbonyl (C=O) groups is 1. The topological polar surface area (TPSA) is 92.7 Å². The molecule has 8 nitrogen and oxygen atoms in total. The van der Waals surface area contributed by atoms with Crippen molar-refractivity contribution < 1.29 is 38.3 Å². The van der Waals surface area contributed by atoms with Gasteiger partial charge in [0, 0.05) is 35.4 Å². The number of carbonyl (C=O) groups excluding carboxylic acids is 1. The Kier molecular flexibility index (Phi) is 7.50. The lowest BCUT2D eigenvalue weighted by Crippen LogP contribution is -2.63. The lowest BCUT2D eigenvalue weighted by atomic mass is 9.95. The van der Waals surface area contributed by atoms with Crippen LogP contribution in [0.5, 0.6) is 0 Å². The van der Waals surface area contributed by atoms with Crippen molar-refractivity contribution in [3.05, 3.63) is 0 Å². The van der Waals surface area contributed by atoms with Gasteiger partial charge in [0.2, 0.25) is 0 Å². The quantitative estimate of drug-likeness (QED) is 0.619. The SMILES string of the molecule is COC[C@@H](OC)[C@H]1OC(O)[C@H](OC(C)=O)[C@@H](OC)[C@@H]1OC. The van der Waals surface area contributed by atoms with E-state index in [4.69, 9.17) is 28.4 Å². The molecule has 6 atom stereocenters. The first-order valence-corrected chi connectivity index (χ1v) is 6.58. The Balaban J connectivity index is 2.97. The molecule has 0 aliphatic carbocycles. The molecule has 1 heterocycles. The summed E-state index contributed by atoms with van der Waals surface area (Å²) in [6.45, 7) is 1.50. The van der Waals surface area contributed by atoms with Crippen LogP contribution in [0.15, 0.2) is 0 Å². The minimum Gasteiger partial charge on any atom is -0.454 e. The molecule has 1 N–H and O–H groups in total. The molecule has 1 unspecified atom stereocenters. The van der Waals surface area contributed by atoms with Gasteiger partial charge in [-0.15, -0.1) is 0 Å². The summed E-state index contributed by atoms with van der Waals surface area (Å²) in [5.41, 5.74) is 0. The van der Waals surface area contributed by atoms with Crippen molar-refractivity contribution in [1.29, 1.82) is 0 Å². The standard InChI is InChI=1S/C13H24O8/c1-7(14)20-12-11(19-5)10(18-4)9(21-13(12)15)8(17-3)6-16-2/h8-13,15H,6H2,1-5H3/t8-,9-,10-,11+,12-,13?/m1/s1. The molecule has 1 aliphatic rings. The first kappa shape index (κ1) is 18.3. The second kappa shape index (κ2) is 8.62. The zero-order chi connectivity index (χ0) is 16.0. The number of hydrogen-bond donors (Lipinski definition) is 1. The van der Waals surface area contributed by atoms with E-state index >= 15 is 0 Å². The maximum atomic E-state index is 11.2. The summed E-state index contributed by atoms with van der Waals surface area (Å²) in [6, 6.07) is 0. The van der Waals surface area contributed by atoms with Crippen LogP contribution < -0.4 is 0 Å². The molecule has 0 amide bonds. The van der Waals surface area contributed by atoms with Crippen LogP contribution in [0.3, 0.4) is 0 Å². The van der Waals surface area contributed by atoms with Gasteiger partial charge in [-0.05, 0) is 0 Å². The minimum atomic E-state index is -1.34. The summed E-state index contributed by atoms with van der Waals surface area (Å²) >= 11 is 0. The molecule has 0 aromatic carbocycles. The summed E-state index contributed by atoms with van der Waals surface area (Å²) in [5, 5.41) is 10.1. The van der Waals surface area contributed by atoms with Crippen molar-refractivity contribution in [3.63, 3.8) is 0 Å². The second-order valence-electron chi connectivity index (χ2n) is 4.70. The third-order valence-corrected chi connectivity index (χ3v) is 3.40. The third kappa shape index (κ3) is 4.35. The highest BCUT2D eigenvalue weighted by Crippen LogP contribution is 2.29. The Bertz CT molecular complexity index is 323. The molecule has 8 heteroatoms. The molecule has 0 aromatic rings. The average Bonchev–Trinajstić information content (AvgIpc) is 2.45. The third-order valence-electron chi connectivity index (χ3n) is 3.40. The van der Waals surface area contributed by atoms with Crippen LogP contribution in [-0.2, 0) is 33.2 Å². The van der Waals surface area contributed by atoms with Crippen LogP contribution in [-0.4, -0.2) is 82.9 Å². The fourth-order valence-corrected chi connectivity index (χ4v) is 2.47. The van der Waals surface area contributed by atoms with Crippen LogP contribution in [0, 0.1) is 0 Å². The lowest BCUT2D eigenvalue weighted by Gasteiger charge is -2.44. The van der Waals surface area contributed by atoms with Gasteiger partial charge >= 0.3 is 5.97 Å². The maximum absolute atomic E-state index is 11.2. The van der Waals surface area contributed by atoms with E-state index in [0.717, 1.165) is 0 Å². The van der Waals surface area contributed by atoms with E-state index in [1.807, 2.05) is 0 Å². The number of aliphatic hydroxyl groups is 1. The van der Waals surface area contributed by atoms with Gasteiger partial charge in [-0.3, -0.25) is 4.79 Å².